The van der Waals surface area contributed by atoms with Gasteiger partial charge in [0.25, 0.3) is 0 Å². The highest BCUT2D eigenvalue weighted by Crippen LogP contribution is 2.22. The number of hydrogen-bond donors (Lipinski definition) is 0. The minimum Gasteiger partial charge on any atom is -0.462 e. The smallest absolute Gasteiger partial charge is 0.345 e. The van der Waals surface area contributed by atoms with E-state index in [4.69, 9.17) is 9.15 Å². The van der Waals surface area contributed by atoms with Gasteiger partial charge in [0.05, 0.1) is 6.61 Å². The number of esters is 1. The lowest BCUT2D eigenvalue weighted by Crippen LogP contribution is -2.02. The highest BCUT2D eigenvalue weighted by Gasteiger charge is 2.08. The van der Waals surface area contributed by atoms with Crippen LogP contribution in [0, 0.1) is 0 Å². The van der Waals surface area contributed by atoms with Gasteiger partial charge in [-0.3, -0.25) is 0 Å². The molecule has 0 radical (unpaired) electrons. The fraction of sp³-hybridized carbons (Fsp3) is 0.154. The number of ether oxygens (including phenoxy) is 1. The second kappa shape index (κ2) is 5.19. The first-order valence-corrected chi connectivity index (χ1v) is 6.03. The van der Waals surface area contributed by atoms with Crippen molar-refractivity contribution in [3.63, 3.8) is 0 Å². The molecule has 0 amide bonds. The van der Waals surface area contributed by atoms with Crippen molar-refractivity contribution in [2.24, 2.45) is 0 Å². The number of para-hydroxylation sites is 1. The molecule has 0 aliphatic carbocycles. The Balaban J connectivity index is 2.28. The van der Waals surface area contributed by atoms with Crippen molar-refractivity contribution in [1.82, 2.24) is 0 Å². The summed E-state index contributed by atoms with van der Waals surface area (Å²) in [4.78, 5) is 11.4. The first-order valence-electron chi connectivity index (χ1n) is 5.23. The summed E-state index contributed by atoms with van der Waals surface area (Å²) in [5.41, 5.74) is 0.794. The molecule has 0 bridgehead atoms. The molecule has 0 spiro atoms. The number of carbonyl (C=O) groups excluding carboxylic acids is 1. The predicted octanol–water partition coefficient (Wildman–Crippen LogP) is 3.73. The minimum atomic E-state index is -0.395. The van der Waals surface area contributed by atoms with Crippen molar-refractivity contribution in [3.8, 4) is 0 Å². The number of benzene rings is 1. The molecular formula is C13H11BrO3. The predicted molar refractivity (Wildman–Crippen MR) is 69.8 cm³/mol. The summed E-state index contributed by atoms with van der Waals surface area (Å²) in [6, 6.07) is 9.54. The molecule has 4 heteroatoms. The third kappa shape index (κ3) is 2.77. The Morgan fingerprint density at radius 3 is 2.94 bits per heavy atom. The maximum absolute atomic E-state index is 11.4. The van der Waals surface area contributed by atoms with Crippen molar-refractivity contribution < 1.29 is 13.9 Å². The van der Waals surface area contributed by atoms with Crippen LogP contribution in [0.5, 0.6) is 0 Å². The molecule has 0 aliphatic rings. The molecule has 0 unspecified atom stereocenters. The number of carbonyl (C=O) groups is 1. The Morgan fingerprint density at radius 2 is 2.24 bits per heavy atom. The molecule has 0 N–H and O–H groups in total. The average molecular weight is 295 g/mol. The molecule has 0 saturated carbocycles. The summed E-state index contributed by atoms with van der Waals surface area (Å²) in [6.07, 6.45) is 1.61. The molecule has 0 fully saturated rings. The molecule has 1 aromatic carbocycles. The standard InChI is InChI=1S/C13H11BrO3/c1-2-16-13(15)11(14)8-10-7-9-5-3-4-6-12(9)17-10/h3-8H,2H2,1H3. The van der Waals surface area contributed by atoms with Gasteiger partial charge in [-0.1, -0.05) is 18.2 Å². The maximum Gasteiger partial charge on any atom is 0.345 e. The first-order chi connectivity index (χ1) is 8.20. The van der Waals surface area contributed by atoms with Gasteiger partial charge in [0.15, 0.2) is 0 Å². The molecule has 1 aromatic heterocycles. The second-order valence-corrected chi connectivity index (χ2v) is 4.25. The molecule has 2 rings (SSSR count). The lowest BCUT2D eigenvalue weighted by atomic mass is 10.2. The molecule has 1 heterocycles. The van der Waals surface area contributed by atoms with E-state index in [0.717, 1.165) is 11.0 Å². The Labute approximate surface area is 107 Å². The average Bonchev–Trinajstić information content (AvgIpc) is 2.71. The van der Waals surface area contributed by atoms with E-state index in [1.165, 1.54) is 0 Å². The van der Waals surface area contributed by atoms with Gasteiger partial charge in [0, 0.05) is 11.5 Å². The monoisotopic (exact) mass is 294 g/mol. The second-order valence-electron chi connectivity index (χ2n) is 3.40. The molecular weight excluding hydrogens is 284 g/mol. The van der Waals surface area contributed by atoms with Gasteiger partial charge in [-0.25, -0.2) is 4.79 Å². The molecule has 0 saturated heterocycles. The van der Waals surface area contributed by atoms with Crippen molar-refractivity contribution in [3.05, 3.63) is 40.6 Å². The van der Waals surface area contributed by atoms with Crippen LogP contribution in [-0.4, -0.2) is 12.6 Å². The molecule has 88 valence electrons. The number of fused-ring (bicyclic) bond motifs is 1. The van der Waals surface area contributed by atoms with Crippen molar-refractivity contribution in [2.45, 2.75) is 6.92 Å². The Morgan fingerprint density at radius 1 is 1.47 bits per heavy atom. The van der Waals surface area contributed by atoms with Gasteiger partial charge in [0.2, 0.25) is 0 Å². The molecule has 0 atom stereocenters. The topological polar surface area (TPSA) is 39.4 Å². The first kappa shape index (κ1) is 11.9. The Kier molecular flexibility index (Phi) is 3.64. The van der Waals surface area contributed by atoms with Gasteiger partial charge >= 0.3 is 5.97 Å². The highest BCUT2D eigenvalue weighted by molar-refractivity contribution is 9.12. The van der Waals surface area contributed by atoms with Crippen LogP contribution in [-0.2, 0) is 9.53 Å². The molecule has 2 aromatic rings. The van der Waals surface area contributed by atoms with Crippen LogP contribution in [0.3, 0.4) is 0 Å². The van der Waals surface area contributed by atoms with Crippen LogP contribution in [0.15, 0.2) is 39.2 Å². The van der Waals surface area contributed by atoms with Crippen LogP contribution in [0.2, 0.25) is 0 Å². The van der Waals surface area contributed by atoms with Crippen molar-refractivity contribution >= 4 is 38.9 Å². The van der Waals surface area contributed by atoms with Crippen molar-refractivity contribution in [2.75, 3.05) is 6.61 Å². The van der Waals surface area contributed by atoms with Gasteiger partial charge in [-0.15, -0.1) is 0 Å². The van der Waals surface area contributed by atoms with E-state index < -0.39 is 5.97 Å². The lowest BCUT2D eigenvalue weighted by Gasteiger charge is -1.98. The van der Waals surface area contributed by atoms with Crippen LogP contribution >= 0.6 is 15.9 Å². The molecule has 0 aliphatic heterocycles. The van der Waals surface area contributed by atoms with Crippen LogP contribution in [0.1, 0.15) is 12.7 Å². The summed E-state index contributed by atoms with van der Waals surface area (Å²) >= 11 is 3.16. The van der Waals surface area contributed by atoms with Crippen LogP contribution in [0.4, 0.5) is 0 Å². The largest absolute Gasteiger partial charge is 0.462 e. The normalized spacial score (nSPS) is 11.8. The van der Waals surface area contributed by atoms with E-state index in [1.54, 1.807) is 13.0 Å². The zero-order valence-electron chi connectivity index (χ0n) is 9.27. The minimum absolute atomic E-state index is 0.346. The number of hydrogen-bond acceptors (Lipinski definition) is 3. The zero-order valence-corrected chi connectivity index (χ0v) is 10.9. The Hall–Kier alpha value is -1.55. The van der Waals surface area contributed by atoms with Crippen LogP contribution in [0.25, 0.3) is 17.0 Å². The molecule has 17 heavy (non-hydrogen) atoms. The van der Waals surface area contributed by atoms with Gasteiger partial charge in [-0.2, -0.15) is 0 Å². The fourth-order valence-corrected chi connectivity index (χ4v) is 1.80. The van der Waals surface area contributed by atoms with E-state index >= 15 is 0 Å². The summed E-state index contributed by atoms with van der Waals surface area (Å²) in [7, 11) is 0. The van der Waals surface area contributed by atoms with E-state index in [0.29, 0.717) is 16.8 Å². The van der Waals surface area contributed by atoms with E-state index in [1.807, 2.05) is 30.3 Å². The number of halogens is 1. The quantitative estimate of drug-likeness (QED) is 0.640. The van der Waals surface area contributed by atoms with E-state index in [2.05, 4.69) is 15.9 Å². The van der Waals surface area contributed by atoms with Crippen LogP contribution < -0.4 is 0 Å². The SMILES string of the molecule is CCOC(=O)C(Br)=Cc1cc2ccccc2o1. The van der Waals surface area contributed by atoms with Gasteiger partial charge < -0.3 is 9.15 Å². The van der Waals surface area contributed by atoms with Gasteiger partial charge in [0.1, 0.15) is 15.8 Å². The number of rotatable bonds is 3. The molecule has 3 nitrogen and oxygen atoms in total. The third-order valence-corrected chi connectivity index (χ3v) is 2.74. The summed E-state index contributed by atoms with van der Waals surface area (Å²) in [6.45, 7) is 2.11. The third-order valence-electron chi connectivity index (χ3n) is 2.18. The van der Waals surface area contributed by atoms with E-state index in [-0.39, 0.29) is 0 Å². The lowest BCUT2D eigenvalue weighted by molar-refractivity contribution is -0.137. The van der Waals surface area contributed by atoms with Crippen molar-refractivity contribution in [1.29, 1.82) is 0 Å². The highest BCUT2D eigenvalue weighted by atomic mass is 79.9. The number of furan rings is 1. The fourth-order valence-electron chi connectivity index (χ4n) is 1.46. The summed E-state index contributed by atoms with van der Waals surface area (Å²) in [5.74, 6) is 0.221. The maximum atomic E-state index is 11.4. The zero-order chi connectivity index (χ0) is 12.3. The van der Waals surface area contributed by atoms with Gasteiger partial charge in [-0.05, 0) is 35.0 Å². The Bertz CT molecular complexity index is 536. The summed E-state index contributed by atoms with van der Waals surface area (Å²) in [5, 5.41) is 1.00. The van der Waals surface area contributed by atoms with E-state index in [9.17, 15) is 4.79 Å². The summed E-state index contributed by atoms with van der Waals surface area (Å²) < 4.78 is 10.8.